The Bertz CT molecular complexity index is 271. The molecule has 0 heterocycles. The molecule has 2 nitrogen and oxygen atoms in total. The molecule has 1 aromatic carbocycles. The minimum absolute atomic E-state index is 0.216. The van der Waals surface area contributed by atoms with Gasteiger partial charge in [-0.15, -0.1) is 0 Å². The van der Waals surface area contributed by atoms with Gasteiger partial charge in [-0.05, 0) is 19.1 Å². The minimum atomic E-state index is -0.708. The summed E-state index contributed by atoms with van der Waals surface area (Å²) in [5, 5.41) is 0. The lowest BCUT2D eigenvalue weighted by Gasteiger charge is -2.13. The van der Waals surface area contributed by atoms with E-state index in [2.05, 4.69) is 0 Å². The first kappa shape index (κ1) is 9.92. The molecule has 0 amide bonds. The highest BCUT2D eigenvalue weighted by molar-refractivity contribution is 5.26. The molecule has 1 aromatic rings. The summed E-state index contributed by atoms with van der Waals surface area (Å²) in [7, 11) is 0. The summed E-state index contributed by atoms with van der Waals surface area (Å²) in [6.07, 6.45) is -0.397. The van der Waals surface area contributed by atoms with Gasteiger partial charge >= 0.3 is 0 Å². The smallest absolute Gasteiger partial charge is 0.191 e. The monoisotopic (exact) mass is 187 g/mol. The highest BCUT2D eigenvalue weighted by Gasteiger charge is 2.11. The topological polar surface area (TPSA) is 35.2 Å². The Hall–Kier alpha value is -1.16. The number of hydrogen-bond acceptors (Lipinski definition) is 2. The largest absolute Gasteiger partial charge is 0.483 e. The van der Waals surface area contributed by atoms with Gasteiger partial charge in [0.1, 0.15) is 6.10 Å². The molecule has 0 spiro atoms. The van der Waals surface area contributed by atoms with Crippen LogP contribution in [-0.4, -0.2) is 12.6 Å². The lowest BCUT2D eigenvalue weighted by Crippen LogP contribution is -2.23. The van der Waals surface area contributed by atoms with Crippen molar-refractivity contribution in [2.24, 2.45) is 5.73 Å². The number of para-hydroxylation sites is 1. The third-order valence-corrected chi connectivity index (χ3v) is 1.57. The van der Waals surface area contributed by atoms with Gasteiger partial charge in [0.05, 0.1) is 0 Å². The van der Waals surface area contributed by atoms with Crippen LogP contribution in [0, 0.1) is 11.6 Å². The van der Waals surface area contributed by atoms with Crippen molar-refractivity contribution in [3.63, 3.8) is 0 Å². The van der Waals surface area contributed by atoms with Crippen molar-refractivity contribution < 1.29 is 13.5 Å². The first-order chi connectivity index (χ1) is 6.15. The molecule has 2 N–H and O–H groups in total. The summed E-state index contributed by atoms with van der Waals surface area (Å²) in [5.41, 5.74) is 5.25. The fraction of sp³-hybridized carbons (Fsp3) is 0.333. The normalized spacial score (nSPS) is 12.6. The van der Waals surface area contributed by atoms with Crippen LogP contribution in [0.2, 0.25) is 0 Å². The van der Waals surface area contributed by atoms with Crippen LogP contribution in [0.3, 0.4) is 0 Å². The van der Waals surface area contributed by atoms with E-state index in [0.29, 0.717) is 0 Å². The van der Waals surface area contributed by atoms with Crippen LogP contribution in [0.1, 0.15) is 6.92 Å². The second kappa shape index (κ2) is 4.18. The fourth-order valence-corrected chi connectivity index (χ4v) is 0.844. The second-order valence-electron chi connectivity index (χ2n) is 2.71. The predicted molar refractivity (Wildman–Crippen MR) is 45.5 cm³/mol. The van der Waals surface area contributed by atoms with E-state index < -0.39 is 17.7 Å². The molecular weight excluding hydrogens is 176 g/mol. The van der Waals surface area contributed by atoms with E-state index in [-0.39, 0.29) is 12.3 Å². The molecule has 13 heavy (non-hydrogen) atoms. The molecule has 72 valence electrons. The average molecular weight is 187 g/mol. The molecule has 0 bridgehead atoms. The Morgan fingerprint density at radius 3 is 2.38 bits per heavy atom. The van der Waals surface area contributed by atoms with Gasteiger partial charge in [0.25, 0.3) is 0 Å². The van der Waals surface area contributed by atoms with Crippen molar-refractivity contribution in [1.82, 2.24) is 0 Å². The highest BCUT2D eigenvalue weighted by atomic mass is 19.1. The molecule has 1 rings (SSSR count). The zero-order valence-electron chi connectivity index (χ0n) is 7.26. The molecule has 0 aromatic heterocycles. The van der Waals surface area contributed by atoms with Crippen LogP contribution in [0.15, 0.2) is 18.2 Å². The van der Waals surface area contributed by atoms with Crippen LogP contribution < -0.4 is 10.5 Å². The van der Waals surface area contributed by atoms with Gasteiger partial charge < -0.3 is 10.5 Å². The van der Waals surface area contributed by atoms with Crippen molar-refractivity contribution in [2.45, 2.75) is 13.0 Å². The molecular formula is C9H11F2NO. The van der Waals surface area contributed by atoms with Gasteiger partial charge in [0, 0.05) is 6.54 Å². The van der Waals surface area contributed by atoms with Crippen LogP contribution in [0.25, 0.3) is 0 Å². The maximum atomic E-state index is 12.9. The number of benzene rings is 1. The van der Waals surface area contributed by atoms with E-state index in [4.69, 9.17) is 10.5 Å². The minimum Gasteiger partial charge on any atom is -0.483 e. The molecule has 0 aliphatic heterocycles. The van der Waals surface area contributed by atoms with Crippen LogP contribution in [0.4, 0.5) is 8.78 Å². The van der Waals surface area contributed by atoms with E-state index in [9.17, 15) is 8.78 Å². The van der Waals surface area contributed by atoms with Gasteiger partial charge in [-0.1, -0.05) is 6.07 Å². The number of nitrogens with two attached hydrogens (primary N) is 1. The van der Waals surface area contributed by atoms with Gasteiger partial charge in [-0.3, -0.25) is 0 Å². The molecule has 0 saturated heterocycles. The predicted octanol–water partition coefficient (Wildman–Crippen LogP) is 1.69. The summed E-state index contributed by atoms with van der Waals surface area (Å²) in [6.45, 7) is 1.86. The first-order valence-electron chi connectivity index (χ1n) is 3.96. The van der Waals surface area contributed by atoms with Crippen LogP contribution >= 0.6 is 0 Å². The standard InChI is InChI=1S/C9H11F2NO/c1-6(5-12)13-9-7(10)3-2-4-8(9)11/h2-4,6H,5,12H2,1H3. The van der Waals surface area contributed by atoms with Crippen LogP contribution in [-0.2, 0) is 0 Å². The van der Waals surface area contributed by atoms with E-state index in [1.165, 1.54) is 6.07 Å². The number of ether oxygens (including phenoxy) is 1. The van der Waals surface area contributed by atoms with Gasteiger partial charge in [-0.2, -0.15) is 0 Å². The average Bonchev–Trinajstić information content (AvgIpc) is 2.11. The quantitative estimate of drug-likeness (QED) is 0.781. The summed E-state index contributed by atoms with van der Waals surface area (Å²) in [5.74, 6) is -1.78. The van der Waals surface area contributed by atoms with Crippen molar-refractivity contribution in [2.75, 3.05) is 6.54 Å². The van der Waals surface area contributed by atoms with Crippen molar-refractivity contribution in [1.29, 1.82) is 0 Å². The van der Waals surface area contributed by atoms with Crippen molar-refractivity contribution >= 4 is 0 Å². The van der Waals surface area contributed by atoms with Crippen molar-refractivity contribution in [3.05, 3.63) is 29.8 Å². The highest BCUT2D eigenvalue weighted by Crippen LogP contribution is 2.21. The zero-order valence-corrected chi connectivity index (χ0v) is 7.26. The Morgan fingerprint density at radius 2 is 1.92 bits per heavy atom. The summed E-state index contributed by atoms with van der Waals surface area (Å²) in [6, 6.07) is 3.56. The van der Waals surface area contributed by atoms with Gasteiger partial charge in [0.2, 0.25) is 0 Å². The molecule has 0 aliphatic rings. The molecule has 1 atom stereocenters. The van der Waals surface area contributed by atoms with Crippen LogP contribution in [0.5, 0.6) is 5.75 Å². The Labute approximate surface area is 75.3 Å². The zero-order chi connectivity index (χ0) is 9.84. The Morgan fingerprint density at radius 1 is 1.38 bits per heavy atom. The molecule has 0 radical (unpaired) electrons. The SMILES string of the molecule is CC(CN)Oc1c(F)cccc1F. The van der Waals surface area contributed by atoms with E-state index in [1.54, 1.807) is 6.92 Å². The third-order valence-electron chi connectivity index (χ3n) is 1.57. The maximum Gasteiger partial charge on any atom is 0.191 e. The Balaban J connectivity index is 2.87. The summed E-state index contributed by atoms with van der Waals surface area (Å²) < 4.78 is 30.8. The lowest BCUT2D eigenvalue weighted by atomic mass is 10.3. The molecule has 0 aliphatic carbocycles. The third kappa shape index (κ3) is 2.39. The van der Waals surface area contributed by atoms with Gasteiger partial charge in [-0.25, -0.2) is 8.78 Å². The van der Waals surface area contributed by atoms with Crippen molar-refractivity contribution in [3.8, 4) is 5.75 Å². The summed E-state index contributed by atoms with van der Waals surface area (Å²) >= 11 is 0. The number of halogens is 2. The lowest BCUT2D eigenvalue weighted by molar-refractivity contribution is 0.209. The molecule has 4 heteroatoms. The fourth-order valence-electron chi connectivity index (χ4n) is 0.844. The van der Waals surface area contributed by atoms with E-state index in [0.717, 1.165) is 12.1 Å². The molecule has 0 fully saturated rings. The second-order valence-corrected chi connectivity index (χ2v) is 2.71. The van der Waals surface area contributed by atoms with E-state index in [1.807, 2.05) is 0 Å². The summed E-state index contributed by atoms with van der Waals surface area (Å²) in [4.78, 5) is 0. The Kier molecular flexibility index (Phi) is 3.19. The molecule has 1 unspecified atom stereocenters. The maximum absolute atomic E-state index is 12.9. The number of rotatable bonds is 3. The van der Waals surface area contributed by atoms with E-state index >= 15 is 0 Å². The van der Waals surface area contributed by atoms with Gasteiger partial charge in [0.15, 0.2) is 17.4 Å². The molecule has 0 saturated carbocycles. The first-order valence-corrected chi connectivity index (χ1v) is 3.96. The number of hydrogen-bond donors (Lipinski definition) is 1.